The van der Waals surface area contributed by atoms with Gasteiger partial charge in [-0.2, -0.15) is 0 Å². The van der Waals surface area contributed by atoms with Gasteiger partial charge in [-0.05, 0) is 30.2 Å². The van der Waals surface area contributed by atoms with E-state index in [9.17, 15) is 13.6 Å². The van der Waals surface area contributed by atoms with Crippen LogP contribution in [0.15, 0.2) is 52.1 Å². The van der Waals surface area contributed by atoms with E-state index in [1.54, 1.807) is 13.0 Å². The minimum atomic E-state index is -0.736. The lowest BCUT2D eigenvalue weighted by molar-refractivity contribution is 0.436. The molecule has 4 aromatic rings. The lowest BCUT2D eigenvalue weighted by atomic mass is 9.99. The van der Waals surface area contributed by atoms with E-state index in [1.165, 1.54) is 30.7 Å². The van der Waals surface area contributed by atoms with Crippen LogP contribution < -0.4 is 10.4 Å². The number of aryl methyl sites for hydroxylation is 1. The molecule has 0 bridgehead atoms. The Bertz CT molecular complexity index is 1280. The maximum absolute atomic E-state index is 14.8. The first kappa shape index (κ1) is 18.9. The van der Waals surface area contributed by atoms with E-state index >= 15 is 0 Å². The Balaban J connectivity index is 1.79. The van der Waals surface area contributed by atoms with Crippen molar-refractivity contribution >= 4 is 22.6 Å². The first-order chi connectivity index (χ1) is 13.9. The van der Waals surface area contributed by atoms with Crippen molar-refractivity contribution in [1.29, 1.82) is 0 Å². The number of pyridine rings is 1. The van der Waals surface area contributed by atoms with Crippen molar-refractivity contribution in [1.82, 2.24) is 15.0 Å². The summed E-state index contributed by atoms with van der Waals surface area (Å²) >= 11 is 5.69. The van der Waals surface area contributed by atoms with Crippen LogP contribution in [-0.2, 0) is 6.42 Å². The average Bonchev–Trinajstić information content (AvgIpc) is 2.68. The third-order valence-electron chi connectivity index (χ3n) is 4.35. The molecule has 0 fully saturated rings. The molecule has 0 aliphatic carbocycles. The summed E-state index contributed by atoms with van der Waals surface area (Å²) in [5.41, 5.74) is -0.104. The molecule has 0 N–H and O–H groups in total. The van der Waals surface area contributed by atoms with Gasteiger partial charge in [-0.25, -0.2) is 28.5 Å². The van der Waals surface area contributed by atoms with Gasteiger partial charge in [0.05, 0.1) is 5.39 Å². The van der Waals surface area contributed by atoms with Crippen LogP contribution in [0.3, 0.4) is 0 Å². The Morgan fingerprint density at radius 2 is 1.90 bits per heavy atom. The molecule has 0 aliphatic heterocycles. The lowest BCUT2D eigenvalue weighted by Gasteiger charge is -2.11. The highest BCUT2D eigenvalue weighted by molar-refractivity contribution is 6.29. The number of aromatic nitrogens is 3. The van der Waals surface area contributed by atoms with Gasteiger partial charge in [0, 0.05) is 42.7 Å². The minimum Gasteiger partial charge on any atom is -0.424 e. The van der Waals surface area contributed by atoms with Gasteiger partial charge in [0.1, 0.15) is 17.1 Å². The number of hydrogen-bond acceptors (Lipinski definition) is 6. The number of nitrogens with zero attached hydrogens (tertiary/aromatic N) is 3. The number of fused-ring (bicyclic) bond motifs is 1. The number of rotatable bonds is 4. The standard InChI is InChI=1S/C20H12ClF2N3O3/c1-10-13(7-11-3-6-24-18(21)17(11)23)19(27)29-15-9-12(8-14(22)16(10)15)28-20-25-4-2-5-26-20/h2-6,8-9H,7H2,1H3. The van der Waals surface area contributed by atoms with Crippen molar-refractivity contribution in [2.24, 2.45) is 0 Å². The van der Waals surface area contributed by atoms with Crippen LogP contribution in [0.25, 0.3) is 11.0 Å². The third kappa shape index (κ3) is 3.66. The molecule has 3 heterocycles. The molecule has 0 amide bonds. The Labute approximate surface area is 167 Å². The van der Waals surface area contributed by atoms with Crippen LogP contribution >= 0.6 is 11.6 Å². The van der Waals surface area contributed by atoms with Crippen LogP contribution in [0.2, 0.25) is 5.15 Å². The fraction of sp³-hybridized carbons (Fsp3) is 0.100. The predicted octanol–water partition coefficient (Wildman–Crippen LogP) is 4.60. The van der Waals surface area contributed by atoms with Crippen molar-refractivity contribution in [3.8, 4) is 11.8 Å². The van der Waals surface area contributed by atoms with E-state index in [2.05, 4.69) is 15.0 Å². The Kier molecular flexibility index (Phi) is 4.94. The zero-order valence-electron chi connectivity index (χ0n) is 14.9. The fourth-order valence-electron chi connectivity index (χ4n) is 2.96. The van der Waals surface area contributed by atoms with Crippen LogP contribution in [0.5, 0.6) is 11.8 Å². The van der Waals surface area contributed by atoms with Gasteiger partial charge in [-0.3, -0.25) is 0 Å². The molecule has 146 valence electrons. The molecular weight excluding hydrogens is 404 g/mol. The summed E-state index contributed by atoms with van der Waals surface area (Å²) in [4.78, 5) is 23.9. The Morgan fingerprint density at radius 1 is 1.14 bits per heavy atom. The molecule has 0 radical (unpaired) electrons. The highest BCUT2D eigenvalue weighted by Crippen LogP contribution is 2.30. The van der Waals surface area contributed by atoms with E-state index < -0.39 is 17.3 Å². The average molecular weight is 416 g/mol. The predicted molar refractivity (Wildman–Crippen MR) is 101 cm³/mol. The molecule has 1 aromatic carbocycles. The molecule has 29 heavy (non-hydrogen) atoms. The van der Waals surface area contributed by atoms with Crippen molar-refractivity contribution in [2.75, 3.05) is 0 Å². The number of halogens is 3. The van der Waals surface area contributed by atoms with Crippen LogP contribution in [0.4, 0.5) is 8.78 Å². The molecule has 0 aliphatic rings. The zero-order valence-corrected chi connectivity index (χ0v) is 15.7. The van der Waals surface area contributed by atoms with Crippen molar-refractivity contribution < 1.29 is 17.9 Å². The molecule has 3 aromatic heterocycles. The van der Waals surface area contributed by atoms with Crippen molar-refractivity contribution in [2.45, 2.75) is 13.3 Å². The smallest absolute Gasteiger partial charge is 0.340 e. The summed E-state index contributed by atoms with van der Waals surface area (Å²) in [5, 5.41) is -0.206. The highest BCUT2D eigenvalue weighted by Gasteiger charge is 2.19. The lowest BCUT2D eigenvalue weighted by Crippen LogP contribution is -2.12. The number of ether oxygens (including phenoxy) is 1. The molecule has 0 unspecified atom stereocenters. The normalized spacial score (nSPS) is 11.0. The minimum absolute atomic E-state index is 0.00425. The second-order valence-electron chi connectivity index (χ2n) is 6.16. The second-order valence-corrected chi connectivity index (χ2v) is 6.51. The summed E-state index contributed by atoms with van der Waals surface area (Å²) in [6, 6.07) is 5.54. The molecule has 0 saturated carbocycles. The van der Waals surface area contributed by atoms with Gasteiger partial charge in [-0.1, -0.05) is 11.6 Å². The quantitative estimate of drug-likeness (QED) is 0.358. The fourth-order valence-corrected chi connectivity index (χ4v) is 3.13. The second kappa shape index (κ2) is 7.56. The summed E-state index contributed by atoms with van der Waals surface area (Å²) < 4.78 is 39.7. The Morgan fingerprint density at radius 3 is 2.66 bits per heavy atom. The van der Waals surface area contributed by atoms with Crippen LogP contribution in [0, 0.1) is 18.6 Å². The maximum atomic E-state index is 14.8. The largest absolute Gasteiger partial charge is 0.424 e. The molecular formula is C20H12ClF2N3O3. The van der Waals surface area contributed by atoms with E-state index in [1.807, 2.05) is 0 Å². The van der Waals surface area contributed by atoms with Crippen molar-refractivity contribution in [3.05, 3.63) is 86.8 Å². The summed E-state index contributed by atoms with van der Waals surface area (Å²) in [6.45, 7) is 1.57. The summed E-state index contributed by atoms with van der Waals surface area (Å²) in [7, 11) is 0. The molecule has 9 heteroatoms. The highest BCUT2D eigenvalue weighted by atomic mass is 35.5. The first-order valence-electron chi connectivity index (χ1n) is 8.43. The van der Waals surface area contributed by atoms with Gasteiger partial charge < -0.3 is 9.15 Å². The Hall–Kier alpha value is -3.39. The van der Waals surface area contributed by atoms with Gasteiger partial charge in [0.25, 0.3) is 0 Å². The van der Waals surface area contributed by atoms with Gasteiger partial charge in [0.2, 0.25) is 0 Å². The van der Waals surface area contributed by atoms with Crippen molar-refractivity contribution in [3.63, 3.8) is 0 Å². The number of hydrogen-bond donors (Lipinski definition) is 0. The van der Waals surface area contributed by atoms with Gasteiger partial charge >= 0.3 is 11.6 Å². The SMILES string of the molecule is Cc1c(Cc2ccnc(Cl)c2F)c(=O)oc2cc(Oc3ncccn3)cc(F)c12. The number of benzene rings is 1. The molecule has 0 spiro atoms. The third-order valence-corrected chi connectivity index (χ3v) is 4.61. The first-order valence-corrected chi connectivity index (χ1v) is 8.81. The zero-order chi connectivity index (χ0) is 20.5. The maximum Gasteiger partial charge on any atom is 0.340 e. The molecule has 0 atom stereocenters. The molecule has 6 nitrogen and oxygen atoms in total. The topological polar surface area (TPSA) is 78.1 Å². The van der Waals surface area contributed by atoms with E-state index in [0.717, 1.165) is 6.07 Å². The van der Waals surface area contributed by atoms with E-state index in [4.69, 9.17) is 20.8 Å². The van der Waals surface area contributed by atoms with E-state index in [-0.39, 0.29) is 45.4 Å². The van der Waals surface area contributed by atoms with Gasteiger partial charge in [-0.15, -0.1) is 0 Å². The van der Waals surface area contributed by atoms with Gasteiger partial charge in [0.15, 0.2) is 11.0 Å². The van der Waals surface area contributed by atoms with Crippen LogP contribution in [0.1, 0.15) is 16.7 Å². The summed E-state index contributed by atoms with van der Waals surface area (Å²) in [6.07, 6.45) is 4.16. The molecule has 4 rings (SSSR count). The summed E-state index contributed by atoms with van der Waals surface area (Å²) in [5.74, 6) is -1.33. The van der Waals surface area contributed by atoms with Crippen LogP contribution in [-0.4, -0.2) is 15.0 Å². The monoisotopic (exact) mass is 415 g/mol. The van der Waals surface area contributed by atoms with E-state index in [0.29, 0.717) is 5.56 Å². The molecule has 0 saturated heterocycles.